The number of fused-ring (bicyclic) bond motifs is 3. The van der Waals surface area contributed by atoms with Gasteiger partial charge in [-0.15, -0.1) is 12.4 Å². The molecule has 0 spiro atoms. The topological polar surface area (TPSA) is 21.3 Å². The van der Waals surface area contributed by atoms with Gasteiger partial charge in [0.25, 0.3) is 0 Å². The molecular weight excluding hydrogens is 234 g/mol. The van der Waals surface area contributed by atoms with Crippen LogP contribution in [0.2, 0.25) is 0 Å². The lowest BCUT2D eigenvalue weighted by molar-refractivity contribution is 0.330. The number of hydrogen-bond donors (Lipinski definition) is 1. The van der Waals surface area contributed by atoms with E-state index in [4.69, 9.17) is 4.74 Å². The SMILES string of the molecule is CCOc1cccc2c1CC[C@H]1CNC[C@@H]21.Cl. The molecule has 1 N–H and O–H groups in total. The molecule has 94 valence electrons. The molecule has 1 aliphatic heterocycles. The average molecular weight is 254 g/mol. The average Bonchev–Trinajstić information content (AvgIpc) is 2.78. The van der Waals surface area contributed by atoms with Crippen LogP contribution in [0.4, 0.5) is 0 Å². The van der Waals surface area contributed by atoms with E-state index in [-0.39, 0.29) is 12.4 Å². The summed E-state index contributed by atoms with van der Waals surface area (Å²) < 4.78 is 5.73. The second kappa shape index (κ2) is 5.28. The first-order valence-electron chi connectivity index (χ1n) is 6.35. The van der Waals surface area contributed by atoms with Gasteiger partial charge in [0.15, 0.2) is 0 Å². The van der Waals surface area contributed by atoms with Gasteiger partial charge in [0.1, 0.15) is 5.75 Å². The van der Waals surface area contributed by atoms with Gasteiger partial charge in [0, 0.05) is 12.5 Å². The van der Waals surface area contributed by atoms with Gasteiger partial charge in [-0.1, -0.05) is 12.1 Å². The monoisotopic (exact) mass is 253 g/mol. The molecule has 1 aromatic carbocycles. The van der Waals surface area contributed by atoms with E-state index in [1.54, 1.807) is 0 Å². The molecule has 1 aliphatic carbocycles. The van der Waals surface area contributed by atoms with Crippen LogP contribution >= 0.6 is 12.4 Å². The predicted molar refractivity (Wildman–Crippen MR) is 72.3 cm³/mol. The molecule has 0 aromatic heterocycles. The van der Waals surface area contributed by atoms with E-state index in [2.05, 4.69) is 30.4 Å². The van der Waals surface area contributed by atoms with Gasteiger partial charge in [-0.2, -0.15) is 0 Å². The zero-order valence-electron chi connectivity index (χ0n) is 10.2. The van der Waals surface area contributed by atoms with Gasteiger partial charge < -0.3 is 10.1 Å². The van der Waals surface area contributed by atoms with Crippen molar-refractivity contribution >= 4 is 12.4 Å². The van der Waals surface area contributed by atoms with Gasteiger partial charge in [-0.25, -0.2) is 0 Å². The maximum absolute atomic E-state index is 5.73. The summed E-state index contributed by atoms with van der Waals surface area (Å²) in [6.07, 6.45) is 2.50. The highest BCUT2D eigenvalue weighted by Gasteiger charge is 2.34. The molecule has 1 fully saturated rings. The fourth-order valence-corrected chi connectivity index (χ4v) is 3.22. The molecule has 1 heterocycles. The third kappa shape index (κ3) is 2.16. The molecule has 2 atom stereocenters. The van der Waals surface area contributed by atoms with Crippen molar-refractivity contribution in [1.29, 1.82) is 0 Å². The summed E-state index contributed by atoms with van der Waals surface area (Å²) >= 11 is 0. The highest BCUT2D eigenvalue weighted by molar-refractivity contribution is 5.85. The number of hydrogen-bond acceptors (Lipinski definition) is 2. The predicted octanol–water partition coefficient (Wildman–Crippen LogP) is 2.76. The van der Waals surface area contributed by atoms with Crippen LogP contribution in [0, 0.1) is 5.92 Å². The second-order valence-corrected chi connectivity index (χ2v) is 4.82. The molecular formula is C14H20ClNO. The van der Waals surface area contributed by atoms with Crippen molar-refractivity contribution in [3.63, 3.8) is 0 Å². The summed E-state index contributed by atoms with van der Waals surface area (Å²) in [6, 6.07) is 6.55. The molecule has 0 radical (unpaired) electrons. The zero-order valence-corrected chi connectivity index (χ0v) is 11.1. The van der Waals surface area contributed by atoms with E-state index in [1.165, 1.54) is 30.5 Å². The summed E-state index contributed by atoms with van der Waals surface area (Å²) in [7, 11) is 0. The van der Waals surface area contributed by atoms with Crippen LogP contribution in [-0.2, 0) is 6.42 Å². The van der Waals surface area contributed by atoms with Gasteiger partial charge in [-0.05, 0) is 49.4 Å². The maximum atomic E-state index is 5.73. The standard InChI is InChI=1S/C14H19NO.ClH/c1-2-16-14-5-3-4-11-12(14)7-6-10-8-15-9-13(10)11;/h3-5,10,13,15H,2,6-9H2,1H3;1H/t10-,13+;/m0./s1. The maximum Gasteiger partial charge on any atom is 0.122 e. The third-order valence-electron chi connectivity index (χ3n) is 3.97. The smallest absolute Gasteiger partial charge is 0.122 e. The van der Waals surface area contributed by atoms with Crippen LogP contribution in [-0.4, -0.2) is 19.7 Å². The molecule has 0 unspecified atom stereocenters. The molecule has 2 nitrogen and oxygen atoms in total. The Morgan fingerprint density at radius 3 is 3.06 bits per heavy atom. The number of benzene rings is 1. The quantitative estimate of drug-likeness (QED) is 0.875. The normalized spacial score (nSPS) is 25.7. The summed E-state index contributed by atoms with van der Waals surface area (Å²) in [5, 5.41) is 3.52. The molecule has 1 aromatic rings. The van der Waals surface area contributed by atoms with Gasteiger partial charge >= 0.3 is 0 Å². The lowest BCUT2D eigenvalue weighted by Gasteiger charge is -2.28. The fourth-order valence-electron chi connectivity index (χ4n) is 3.22. The Bertz CT molecular complexity index is 394. The lowest BCUT2D eigenvalue weighted by atomic mass is 9.77. The Balaban J connectivity index is 0.00000108. The Morgan fingerprint density at radius 1 is 1.35 bits per heavy atom. The van der Waals surface area contributed by atoms with Crippen molar-refractivity contribution < 1.29 is 4.74 Å². The number of rotatable bonds is 2. The third-order valence-corrected chi connectivity index (χ3v) is 3.97. The largest absolute Gasteiger partial charge is 0.494 e. The first-order valence-corrected chi connectivity index (χ1v) is 6.35. The molecule has 2 aliphatic rings. The zero-order chi connectivity index (χ0) is 11.0. The van der Waals surface area contributed by atoms with Crippen LogP contribution in [0.25, 0.3) is 0 Å². The summed E-state index contributed by atoms with van der Waals surface area (Å²) in [5.41, 5.74) is 3.00. The van der Waals surface area contributed by atoms with Crippen LogP contribution in [0.1, 0.15) is 30.4 Å². The summed E-state index contributed by atoms with van der Waals surface area (Å²) in [6.45, 7) is 5.17. The molecule has 0 amide bonds. The van der Waals surface area contributed by atoms with Crippen molar-refractivity contribution in [3.05, 3.63) is 29.3 Å². The molecule has 0 saturated carbocycles. The number of halogens is 1. The highest BCUT2D eigenvalue weighted by atomic mass is 35.5. The first-order chi connectivity index (χ1) is 7.90. The number of ether oxygens (including phenoxy) is 1. The minimum Gasteiger partial charge on any atom is -0.494 e. The minimum atomic E-state index is 0. The second-order valence-electron chi connectivity index (χ2n) is 4.82. The molecule has 0 bridgehead atoms. The summed E-state index contributed by atoms with van der Waals surface area (Å²) in [4.78, 5) is 0. The Kier molecular flexibility index (Phi) is 3.95. The van der Waals surface area contributed by atoms with Gasteiger partial charge in [-0.3, -0.25) is 0 Å². The Hall–Kier alpha value is -0.730. The van der Waals surface area contributed by atoms with E-state index in [1.807, 2.05) is 0 Å². The van der Waals surface area contributed by atoms with E-state index in [0.717, 1.165) is 30.7 Å². The van der Waals surface area contributed by atoms with E-state index in [0.29, 0.717) is 0 Å². The van der Waals surface area contributed by atoms with Gasteiger partial charge in [0.05, 0.1) is 6.61 Å². The van der Waals surface area contributed by atoms with Crippen LogP contribution in [0.5, 0.6) is 5.75 Å². The van der Waals surface area contributed by atoms with Crippen molar-refractivity contribution in [2.24, 2.45) is 5.92 Å². The number of nitrogens with one attached hydrogen (secondary N) is 1. The first kappa shape index (κ1) is 12.7. The van der Waals surface area contributed by atoms with Crippen molar-refractivity contribution in [1.82, 2.24) is 5.32 Å². The Labute approximate surface area is 109 Å². The van der Waals surface area contributed by atoms with Crippen LogP contribution < -0.4 is 10.1 Å². The van der Waals surface area contributed by atoms with Gasteiger partial charge in [0.2, 0.25) is 0 Å². The molecule has 1 saturated heterocycles. The van der Waals surface area contributed by atoms with Crippen LogP contribution in [0.3, 0.4) is 0 Å². The minimum absolute atomic E-state index is 0. The Morgan fingerprint density at radius 2 is 2.24 bits per heavy atom. The van der Waals surface area contributed by atoms with Crippen LogP contribution in [0.15, 0.2) is 18.2 Å². The molecule has 3 heteroatoms. The lowest BCUT2D eigenvalue weighted by Crippen LogP contribution is -2.19. The highest BCUT2D eigenvalue weighted by Crippen LogP contribution is 2.41. The fraction of sp³-hybridized carbons (Fsp3) is 0.571. The molecule has 17 heavy (non-hydrogen) atoms. The van der Waals surface area contributed by atoms with E-state index < -0.39 is 0 Å². The van der Waals surface area contributed by atoms with Crippen molar-refractivity contribution in [2.75, 3.05) is 19.7 Å². The van der Waals surface area contributed by atoms with E-state index >= 15 is 0 Å². The van der Waals surface area contributed by atoms with Crippen molar-refractivity contribution in [2.45, 2.75) is 25.7 Å². The van der Waals surface area contributed by atoms with E-state index in [9.17, 15) is 0 Å². The molecule has 3 rings (SSSR count). The summed E-state index contributed by atoms with van der Waals surface area (Å²) in [5.74, 6) is 2.69. The van der Waals surface area contributed by atoms with Crippen molar-refractivity contribution in [3.8, 4) is 5.75 Å².